The highest BCUT2D eigenvalue weighted by molar-refractivity contribution is 5.90. The second-order valence-corrected chi connectivity index (χ2v) is 8.40. The van der Waals surface area contributed by atoms with Gasteiger partial charge in [0.25, 0.3) is 0 Å². The minimum absolute atomic E-state index is 0.0763. The fourth-order valence-corrected chi connectivity index (χ4v) is 3.82. The number of likely N-dealkylation sites (tertiary alicyclic amines) is 1. The van der Waals surface area contributed by atoms with E-state index in [1.54, 1.807) is 0 Å². The Bertz CT molecular complexity index is 885. The summed E-state index contributed by atoms with van der Waals surface area (Å²) in [7, 11) is 0. The van der Waals surface area contributed by atoms with Gasteiger partial charge in [0.1, 0.15) is 6.04 Å². The van der Waals surface area contributed by atoms with E-state index in [4.69, 9.17) is 5.73 Å². The van der Waals surface area contributed by atoms with Crippen molar-refractivity contribution in [1.82, 2.24) is 10.2 Å². The number of carbonyl (C=O) groups is 2. The predicted octanol–water partition coefficient (Wildman–Crippen LogP) is 1.45. The summed E-state index contributed by atoms with van der Waals surface area (Å²) in [5.74, 6) is -0.839. The third-order valence-electron chi connectivity index (χ3n) is 5.79. The summed E-state index contributed by atoms with van der Waals surface area (Å²) >= 11 is 0. The first-order valence-electron chi connectivity index (χ1n) is 10.6. The molecule has 1 saturated heterocycles. The maximum Gasteiger partial charge on any atom is 0.243 e. The Morgan fingerprint density at radius 2 is 1.71 bits per heavy atom. The van der Waals surface area contributed by atoms with Gasteiger partial charge in [-0.1, -0.05) is 68.4 Å². The van der Waals surface area contributed by atoms with Crippen LogP contribution in [0.25, 0.3) is 11.1 Å². The van der Waals surface area contributed by atoms with Gasteiger partial charge in [-0.3, -0.25) is 9.59 Å². The molecule has 0 radical (unpaired) electrons. The van der Waals surface area contributed by atoms with Crippen molar-refractivity contribution in [1.29, 1.82) is 0 Å². The van der Waals surface area contributed by atoms with Crippen LogP contribution < -0.4 is 11.1 Å². The van der Waals surface area contributed by atoms with E-state index >= 15 is 0 Å². The number of nitrogens with zero attached hydrogens (tertiary/aromatic N) is 1. The number of nitrogens with one attached hydrogen (secondary N) is 1. The smallest absolute Gasteiger partial charge is 0.243 e. The van der Waals surface area contributed by atoms with Gasteiger partial charge in [0.05, 0.1) is 24.8 Å². The van der Waals surface area contributed by atoms with Gasteiger partial charge in [0, 0.05) is 13.0 Å². The maximum absolute atomic E-state index is 13.0. The second-order valence-electron chi connectivity index (χ2n) is 8.40. The van der Waals surface area contributed by atoms with Gasteiger partial charge in [0.2, 0.25) is 11.8 Å². The van der Waals surface area contributed by atoms with Crippen molar-refractivity contribution in [2.24, 2.45) is 11.7 Å². The van der Waals surface area contributed by atoms with Gasteiger partial charge in [-0.15, -0.1) is 0 Å². The monoisotopic (exact) mass is 425 g/mol. The quantitative estimate of drug-likeness (QED) is 0.536. The summed E-state index contributed by atoms with van der Waals surface area (Å²) in [5, 5.41) is 22.8. The number of carbonyl (C=O) groups excluding carboxylic acids is 2. The molecule has 0 spiro atoms. The van der Waals surface area contributed by atoms with Gasteiger partial charge in [0.15, 0.2) is 0 Å². The van der Waals surface area contributed by atoms with E-state index in [1.807, 2.05) is 68.4 Å². The van der Waals surface area contributed by atoms with Gasteiger partial charge in [-0.05, 0) is 22.6 Å². The number of hydrogen-bond acceptors (Lipinski definition) is 5. The predicted molar refractivity (Wildman–Crippen MR) is 119 cm³/mol. The molecule has 166 valence electrons. The lowest BCUT2D eigenvalue weighted by atomic mass is 10.0. The highest BCUT2D eigenvalue weighted by Gasteiger charge is 2.41. The van der Waals surface area contributed by atoms with Crippen molar-refractivity contribution in [2.75, 3.05) is 13.2 Å². The lowest BCUT2D eigenvalue weighted by Crippen LogP contribution is -2.53. The van der Waals surface area contributed by atoms with Crippen LogP contribution in [0.3, 0.4) is 0 Å². The average Bonchev–Trinajstić information content (AvgIpc) is 3.18. The fourth-order valence-electron chi connectivity index (χ4n) is 3.82. The molecule has 2 amide bonds. The lowest BCUT2D eigenvalue weighted by Gasteiger charge is -2.29. The number of aliphatic hydroxyl groups excluding tert-OH is 2. The molecule has 7 heteroatoms. The molecule has 1 aliphatic rings. The third-order valence-corrected chi connectivity index (χ3v) is 5.79. The molecule has 3 rings (SSSR count). The summed E-state index contributed by atoms with van der Waals surface area (Å²) in [6.45, 7) is 3.47. The number of benzene rings is 2. The summed E-state index contributed by atoms with van der Waals surface area (Å²) in [4.78, 5) is 27.0. The average molecular weight is 426 g/mol. The summed E-state index contributed by atoms with van der Waals surface area (Å²) in [6.07, 6.45) is -0.634. The fraction of sp³-hybridized carbons (Fsp3) is 0.417. The minimum Gasteiger partial charge on any atom is -0.394 e. The molecule has 7 nitrogen and oxygen atoms in total. The number of β-amino-alcohol motifs (C(OH)–C–C–N with tert-alkyl or cyclic N) is 1. The van der Waals surface area contributed by atoms with Crippen LogP contribution >= 0.6 is 0 Å². The zero-order chi connectivity index (χ0) is 22.5. The molecular weight excluding hydrogens is 394 g/mol. The van der Waals surface area contributed by atoms with Crippen LogP contribution in [0.2, 0.25) is 0 Å². The maximum atomic E-state index is 13.0. The van der Waals surface area contributed by atoms with Crippen LogP contribution in [-0.4, -0.2) is 58.3 Å². The molecule has 0 unspecified atom stereocenters. The molecule has 31 heavy (non-hydrogen) atoms. The first-order valence-corrected chi connectivity index (χ1v) is 10.6. The van der Waals surface area contributed by atoms with Crippen molar-refractivity contribution in [2.45, 2.75) is 44.5 Å². The summed E-state index contributed by atoms with van der Waals surface area (Å²) in [5.41, 5.74) is 8.85. The zero-order valence-electron chi connectivity index (χ0n) is 17.9. The van der Waals surface area contributed by atoms with E-state index < -0.39 is 30.1 Å². The molecule has 1 aliphatic heterocycles. The first kappa shape index (κ1) is 22.9. The van der Waals surface area contributed by atoms with Crippen LogP contribution in [0.4, 0.5) is 0 Å². The summed E-state index contributed by atoms with van der Waals surface area (Å²) in [6, 6.07) is 15.4. The van der Waals surface area contributed by atoms with Crippen LogP contribution in [0.15, 0.2) is 54.6 Å². The van der Waals surface area contributed by atoms with E-state index in [1.165, 1.54) is 4.90 Å². The van der Waals surface area contributed by atoms with E-state index in [2.05, 4.69) is 5.32 Å². The molecule has 0 aromatic heterocycles. The van der Waals surface area contributed by atoms with Crippen LogP contribution in [0.1, 0.15) is 31.9 Å². The van der Waals surface area contributed by atoms with E-state index in [9.17, 15) is 19.8 Å². The molecule has 5 N–H and O–H groups in total. The minimum atomic E-state index is -0.815. The largest absolute Gasteiger partial charge is 0.394 e. The Labute approximate surface area is 182 Å². The van der Waals surface area contributed by atoms with Gasteiger partial charge < -0.3 is 26.2 Å². The van der Waals surface area contributed by atoms with Crippen molar-refractivity contribution < 1.29 is 19.8 Å². The Kier molecular flexibility index (Phi) is 7.43. The third kappa shape index (κ3) is 5.31. The highest BCUT2D eigenvalue weighted by Crippen LogP contribution is 2.24. The molecule has 1 fully saturated rings. The van der Waals surface area contributed by atoms with Gasteiger partial charge in [-0.25, -0.2) is 0 Å². The van der Waals surface area contributed by atoms with Crippen molar-refractivity contribution in [3.63, 3.8) is 0 Å². The van der Waals surface area contributed by atoms with E-state index in [-0.39, 0.29) is 31.4 Å². The summed E-state index contributed by atoms with van der Waals surface area (Å²) < 4.78 is 0. The van der Waals surface area contributed by atoms with Crippen molar-refractivity contribution >= 4 is 11.8 Å². The van der Waals surface area contributed by atoms with E-state index in [0.29, 0.717) is 0 Å². The van der Waals surface area contributed by atoms with Crippen LogP contribution in [0, 0.1) is 5.92 Å². The number of nitrogens with two attached hydrogens (primary N) is 1. The zero-order valence-corrected chi connectivity index (χ0v) is 17.9. The van der Waals surface area contributed by atoms with E-state index in [0.717, 1.165) is 16.7 Å². The van der Waals surface area contributed by atoms with Crippen LogP contribution in [-0.2, 0) is 9.59 Å². The number of rotatable bonds is 7. The Morgan fingerprint density at radius 1 is 1.10 bits per heavy atom. The number of amides is 2. The molecule has 0 saturated carbocycles. The van der Waals surface area contributed by atoms with Gasteiger partial charge in [-0.2, -0.15) is 0 Å². The molecule has 0 aliphatic carbocycles. The molecular formula is C24H31N3O4. The van der Waals surface area contributed by atoms with Gasteiger partial charge >= 0.3 is 0 Å². The SMILES string of the molecule is CC(C)[C@H](N)C(=O)N1C[C@H](O)C[C@H]1C(=O)N[C@@H](CO)c1ccc(-c2ccccc2)cc1. The van der Waals surface area contributed by atoms with Crippen molar-refractivity contribution in [3.05, 3.63) is 60.2 Å². The van der Waals surface area contributed by atoms with Crippen LogP contribution in [0.5, 0.6) is 0 Å². The normalized spacial score (nSPS) is 20.5. The standard InChI is InChI=1S/C24H31N3O4/c1-15(2)22(25)24(31)27-13-19(29)12-21(27)23(30)26-20(14-28)18-10-8-17(9-11-18)16-6-4-3-5-7-16/h3-11,15,19-22,28-29H,12-14,25H2,1-2H3,(H,26,30)/t19-,20+,21+,22+/m1/s1. The first-order chi connectivity index (χ1) is 14.8. The Balaban J connectivity index is 1.72. The highest BCUT2D eigenvalue weighted by atomic mass is 16.3. The van der Waals surface area contributed by atoms with Crippen molar-refractivity contribution in [3.8, 4) is 11.1 Å². The molecule has 4 atom stereocenters. The molecule has 2 aromatic carbocycles. The second kappa shape index (κ2) is 10.0. The lowest BCUT2D eigenvalue weighted by molar-refractivity contribution is -0.140. The molecule has 2 aromatic rings. The Morgan fingerprint density at radius 3 is 2.29 bits per heavy atom. The topological polar surface area (TPSA) is 116 Å². The number of aliphatic hydroxyl groups is 2. The molecule has 1 heterocycles. The molecule has 0 bridgehead atoms. The Hall–Kier alpha value is -2.74. The number of hydrogen-bond donors (Lipinski definition) is 4.